The minimum absolute atomic E-state index is 0.0483. The molecule has 1 amide bonds. The number of anilines is 1. The van der Waals surface area contributed by atoms with Gasteiger partial charge in [0.05, 0.1) is 18.0 Å². The van der Waals surface area contributed by atoms with Crippen molar-refractivity contribution in [2.24, 2.45) is 4.99 Å². The molecule has 3 N–H and O–H groups in total. The summed E-state index contributed by atoms with van der Waals surface area (Å²) in [6.45, 7) is 5.35. The van der Waals surface area contributed by atoms with Crippen LogP contribution in [0.3, 0.4) is 0 Å². The van der Waals surface area contributed by atoms with Gasteiger partial charge in [-0.15, -0.1) is 0 Å². The van der Waals surface area contributed by atoms with E-state index in [1.807, 2.05) is 0 Å². The fraction of sp³-hybridized carbons (Fsp3) is 0.250. The van der Waals surface area contributed by atoms with E-state index in [2.05, 4.69) is 25.8 Å². The molecule has 0 aliphatic rings. The first-order chi connectivity index (χ1) is 14.1. The van der Waals surface area contributed by atoms with Crippen LogP contribution >= 0.6 is 0 Å². The monoisotopic (exact) mass is 419 g/mol. The van der Waals surface area contributed by atoms with Gasteiger partial charge in [-0.05, 0) is 51.1 Å². The van der Waals surface area contributed by atoms with Gasteiger partial charge in [0.1, 0.15) is 17.1 Å². The Kier molecular flexibility index (Phi) is 5.68. The molecule has 0 bridgehead atoms. The second-order valence-corrected chi connectivity index (χ2v) is 7.41. The predicted octanol–water partition coefficient (Wildman–Crippen LogP) is 3.99. The van der Waals surface area contributed by atoms with E-state index in [0.29, 0.717) is 11.3 Å². The van der Waals surface area contributed by atoms with Gasteiger partial charge in [0.25, 0.3) is 5.91 Å². The number of aromatic nitrogens is 2. The SMILES string of the molecule is COc1ccc(F)c2c(NC(=NC(C)(C)C)NC(=O)c3ccc(F)c(F)c3)n[nH]c12. The number of rotatable bonds is 3. The smallest absolute Gasteiger partial charge is 0.258 e. The van der Waals surface area contributed by atoms with E-state index in [9.17, 15) is 18.0 Å². The van der Waals surface area contributed by atoms with E-state index in [1.165, 1.54) is 19.2 Å². The van der Waals surface area contributed by atoms with E-state index in [4.69, 9.17) is 4.74 Å². The number of aromatic amines is 1. The normalized spacial score (nSPS) is 12.2. The number of H-pyrrole nitrogens is 1. The number of methoxy groups -OCH3 is 1. The zero-order valence-corrected chi connectivity index (χ0v) is 16.7. The lowest BCUT2D eigenvalue weighted by molar-refractivity contribution is 0.0976. The fourth-order valence-corrected chi connectivity index (χ4v) is 2.68. The summed E-state index contributed by atoms with van der Waals surface area (Å²) in [6, 6.07) is 5.43. The molecule has 158 valence electrons. The molecule has 0 spiro atoms. The first kappa shape index (κ1) is 21.2. The summed E-state index contributed by atoms with van der Waals surface area (Å²) in [5, 5.41) is 12.1. The molecule has 1 aromatic heterocycles. The second kappa shape index (κ2) is 8.05. The number of carbonyl (C=O) groups excluding carboxylic acids is 1. The lowest BCUT2D eigenvalue weighted by atomic mass is 10.1. The first-order valence-electron chi connectivity index (χ1n) is 8.93. The van der Waals surface area contributed by atoms with Gasteiger partial charge in [-0.3, -0.25) is 15.2 Å². The summed E-state index contributed by atoms with van der Waals surface area (Å²) in [4.78, 5) is 16.9. The van der Waals surface area contributed by atoms with Crippen molar-refractivity contribution in [3.63, 3.8) is 0 Å². The van der Waals surface area contributed by atoms with Crippen molar-refractivity contribution in [1.29, 1.82) is 0 Å². The summed E-state index contributed by atoms with van der Waals surface area (Å²) >= 11 is 0. The van der Waals surface area contributed by atoms with Gasteiger partial charge in [0, 0.05) is 5.56 Å². The summed E-state index contributed by atoms with van der Waals surface area (Å²) in [7, 11) is 1.44. The highest BCUT2D eigenvalue weighted by molar-refractivity contribution is 6.12. The van der Waals surface area contributed by atoms with Gasteiger partial charge < -0.3 is 10.1 Å². The Morgan fingerprint density at radius 2 is 1.80 bits per heavy atom. The molecule has 1 heterocycles. The van der Waals surface area contributed by atoms with Crippen LogP contribution in [-0.4, -0.2) is 34.7 Å². The Bertz CT molecular complexity index is 1140. The third-order valence-electron chi connectivity index (χ3n) is 3.95. The van der Waals surface area contributed by atoms with Crippen LogP contribution in [0.5, 0.6) is 5.75 Å². The van der Waals surface area contributed by atoms with E-state index in [-0.39, 0.29) is 22.7 Å². The van der Waals surface area contributed by atoms with E-state index < -0.39 is 28.9 Å². The molecule has 7 nitrogen and oxygen atoms in total. The standard InChI is InChI=1S/C20H20F3N5O2/c1-20(2,3)26-19(25-18(29)10-5-6-11(21)13(23)9-10)24-17-15-12(22)7-8-14(30-4)16(15)27-28-17/h5-9H,1-4H3,(H3,24,25,26,27,28,29). The van der Waals surface area contributed by atoms with Gasteiger partial charge >= 0.3 is 0 Å². The summed E-state index contributed by atoms with van der Waals surface area (Å²) in [5.41, 5.74) is -0.425. The molecule has 0 unspecified atom stereocenters. The Morgan fingerprint density at radius 1 is 1.10 bits per heavy atom. The molecule has 0 aliphatic heterocycles. The van der Waals surface area contributed by atoms with Crippen LogP contribution in [0.25, 0.3) is 10.9 Å². The topological polar surface area (TPSA) is 91.4 Å². The van der Waals surface area contributed by atoms with Crippen LogP contribution in [0.15, 0.2) is 35.3 Å². The molecule has 0 saturated heterocycles. The Labute approximate surface area is 170 Å². The Morgan fingerprint density at radius 3 is 2.43 bits per heavy atom. The number of halogens is 3. The highest BCUT2D eigenvalue weighted by Crippen LogP contribution is 2.30. The fourth-order valence-electron chi connectivity index (χ4n) is 2.68. The minimum atomic E-state index is -1.16. The number of guanidine groups is 1. The highest BCUT2D eigenvalue weighted by atomic mass is 19.2. The van der Waals surface area contributed by atoms with Crippen molar-refractivity contribution in [3.8, 4) is 5.75 Å². The van der Waals surface area contributed by atoms with Crippen LogP contribution < -0.4 is 15.4 Å². The van der Waals surface area contributed by atoms with Crippen LogP contribution in [0, 0.1) is 17.5 Å². The maximum atomic E-state index is 14.4. The van der Waals surface area contributed by atoms with Gasteiger partial charge in [-0.25, -0.2) is 18.2 Å². The van der Waals surface area contributed by atoms with E-state index in [1.54, 1.807) is 20.8 Å². The third kappa shape index (κ3) is 4.53. The van der Waals surface area contributed by atoms with Crippen LogP contribution in [0.4, 0.5) is 19.0 Å². The lowest BCUT2D eigenvalue weighted by Gasteiger charge is -2.17. The number of hydrogen-bond acceptors (Lipinski definition) is 4. The third-order valence-corrected chi connectivity index (χ3v) is 3.95. The molecule has 0 atom stereocenters. The van der Waals surface area contributed by atoms with E-state index in [0.717, 1.165) is 18.2 Å². The lowest BCUT2D eigenvalue weighted by Crippen LogP contribution is -2.38. The average Bonchev–Trinajstić information content (AvgIpc) is 3.07. The van der Waals surface area contributed by atoms with Crippen molar-refractivity contribution < 1.29 is 22.7 Å². The van der Waals surface area contributed by atoms with Crippen molar-refractivity contribution in [2.75, 3.05) is 12.4 Å². The molecular weight excluding hydrogens is 399 g/mol. The van der Waals surface area contributed by atoms with Gasteiger partial charge in [-0.2, -0.15) is 5.10 Å². The maximum Gasteiger partial charge on any atom is 0.258 e. The highest BCUT2D eigenvalue weighted by Gasteiger charge is 2.20. The quantitative estimate of drug-likeness (QED) is 0.442. The molecule has 10 heteroatoms. The predicted molar refractivity (Wildman–Crippen MR) is 107 cm³/mol. The average molecular weight is 419 g/mol. The van der Waals surface area contributed by atoms with Crippen molar-refractivity contribution >= 4 is 28.6 Å². The van der Waals surface area contributed by atoms with Crippen LogP contribution in [0.2, 0.25) is 0 Å². The van der Waals surface area contributed by atoms with Gasteiger partial charge in [0.15, 0.2) is 17.5 Å². The minimum Gasteiger partial charge on any atom is -0.494 e. The Balaban J connectivity index is 1.96. The van der Waals surface area contributed by atoms with E-state index >= 15 is 0 Å². The van der Waals surface area contributed by atoms with Crippen molar-refractivity contribution in [3.05, 3.63) is 53.3 Å². The van der Waals surface area contributed by atoms with Crippen LogP contribution in [-0.2, 0) is 0 Å². The molecule has 0 aliphatic carbocycles. The Hall–Kier alpha value is -3.56. The van der Waals surface area contributed by atoms with Gasteiger partial charge in [-0.1, -0.05) is 0 Å². The zero-order valence-electron chi connectivity index (χ0n) is 16.7. The molecule has 0 saturated carbocycles. The van der Waals surface area contributed by atoms with Crippen molar-refractivity contribution in [1.82, 2.24) is 15.5 Å². The number of nitrogens with zero attached hydrogens (tertiary/aromatic N) is 2. The number of benzene rings is 2. The first-order valence-corrected chi connectivity index (χ1v) is 8.93. The number of amides is 1. The molecule has 0 fully saturated rings. The number of carbonyl (C=O) groups is 1. The van der Waals surface area contributed by atoms with Crippen molar-refractivity contribution in [2.45, 2.75) is 26.3 Å². The summed E-state index contributed by atoms with van der Waals surface area (Å²) in [6.07, 6.45) is 0. The molecule has 0 radical (unpaired) electrons. The summed E-state index contributed by atoms with van der Waals surface area (Å²) in [5.74, 6) is -3.13. The van der Waals surface area contributed by atoms with Crippen LogP contribution in [0.1, 0.15) is 31.1 Å². The summed E-state index contributed by atoms with van der Waals surface area (Å²) < 4.78 is 46.2. The number of aliphatic imine (C=N–C) groups is 1. The zero-order chi connectivity index (χ0) is 22.1. The molecule has 3 rings (SSSR count). The number of ether oxygens (including phenoxy) is 1. The number of hydrogen-bond donors (Lipinski definition) is 3. The molecule has 2 aromatic carbocycles. The molecule has 30 heavy (non-hydrogen) atoms. The molecule has 3 aromatic rings. The number of fused-ring (bicyclic) bond motifs is 1. The molecular formula is C20H20F3N5O2. The largest absolute Gasteiger partial charge is 0.494 e. The van der Waals surface area contributed by atoms with Gasteiger partial charge in [0.2, 0.25) is 5.96 Å². The number of nitrogens with one attached hydrogen (secondary N) is 3. The second-order valence-electron chi connectivity index (χ2n) is 7.41. The maximum absolute atomic E-state index is 14.4.